The SMILES string of the molecule is COC(=O)c1ccc2nc(CN3CCC(c4cccc5c4O[C@@](C)(c4ccc(Cl)cn4)C=C5)CC3)n(C[C@@H]3CCO3)c2c1. The standard InChI is InChI=1S/C34H35ClN4O4/c1-34(30-9-7-25(35)19-36-30)14-10-23-4-3-5-27(32(23)43-34)22-11-15-38(16-12-22)21-31-37-28-8-6-24(33(40)41-2)18-29(28)39(31)20-26-13-17-42-26/h3-10,14,18-19,22,26H,11-13,15-17,20-21H2,1-2H3/t26-,34+/m0/s1. The van der Waals surface area contributed by atoms with Crippen molar-refractivity contribution in [1.82, 2.24) is 19.4 Å². The molecule has 2 aromatic carbocycles. The van der Waals surface area contributed by atoms with Gasteiger partial charge in [0.05, 0.1) is 53.6 Å². The van der Waals surface area contributed by atoms with E-state index in [2.05, 4.69) is 51.7 Å². The third kappa shape index (κ3) is 5.44. The first-order chi connectivity index (χ1) is 20.9. The maximum Gasteiger partial charge on any atom is 0.337 e. The number of nitrogens with zero attached hydrogens (tertiary/aromatic N) is 4. The van der Waals surface area contributed by atoms with Gasteiger partial charge in [0, 0.05) is 18.4 Å². The Bertz CT molecular complexity index is 1690. The van der Waals surface area contributed by atoms with Crippen LogP contribution in [0.1, 0.15) is 65.1 Å². The zero-order chi connectivity index (χ0) is 29.6. The van der Waals surface area contributed by atoms with Gasteiger partial charge in [0.2, 0.25) is 0 Å². The molecule has 0 spiro atoms. The highest BCUT2D eigenvalue weighted by atomic mass is 35.5. The topological polar surface area (TPSA) is 78.7 Å². The Labute approximate surface area is 256 Å². The average Bonchev–Trinajstić information content (AvgIpc) is 3.34. The first-order valence-electron chi connectivity index (χ1n) is 14.9. The number of pyridine rings is 1. The van der Waals surface area contributed by atoms with Gasteiger partial charge in [0.15, 0.2) is 5.60 Å². The third-order valence-corrected chi connectivity index (χ3v) is 9.25. The van der Waals surface area contributed by atoms with Crippen molar-refractivity contribution in [3.8, 4) is 5.75 Å². The number of benzene rings is 2. The van der Waals surface area contributed by atoms with Crippen molar-refractivity contribution in [2.24, 2.45) is 0 Å². The van der Waals surface area contributed by atoms with Crippen LogP contribution in [0, 0.1) is 0 Å². The number of hydrogen-bond acceptors (Lipinski definition) is 7. The fraction of sp³-hybridized carbons (Fsp3) is 0.382. The van der Waals surface area contributed by atoms with E-state index in [4.69, 9.17) is 30.8 Å². The van der Waals surface area contributed by atoms with Gasteiger partial charge < -0.3 is 18.8 Å². The van der Waals surface area contributed by atoms with Crippen LogP contribution in [0.5, 0.6) is 5.75 Å². The van der Waals surface area contributed by atoms with Gasteiger partial charge in [-0.05, 0) is 87.2 Å². The van der Waals surface area contributed by atoms with Crippen molar-refractivity contribution < 1.29 is 19.0 Å². The number of imidazole rings is 1. The maximum absolute atomic E-state index is 12.2. The molecule has 3 aliphatic rings. The summed E-state index contributed by atoms with van der Waals surface area (Å²) in [5.41, 5.74) is 4.89. The predicted molar refractivity (Wildman–Crippen MR) is 165 cm³/mol. The van der Waals surface area contributed by atoms with Gasteiger partial charge in [-0.3, -0.25) is 9.88 Å². The molecule has 2 fully saturated rings. The molecule has 2 aromatic heterocycles. The Morgan fingerprint density at radius 2 is 1.98 bits per heavy atom. The van der Waals surface area contributed by atoms with Gasteiger partial charge in [-0.25, -0.2) is 9.78 Å². The lowest BCUT2D eigenvalue weighted by Crippen LogP contribution is -2.36. The largest absolute Gasteiger partial charge is 0.476 e. The normalized spacial score (nSPS) is 22.2. The first kappa shape index (κ1) is 28.1. The third-order valence-electron chi connectivity index (χ3n) is 9.03. The van der Waals surface area contributed by atoms with Gasteiger partial charge in [-0.15, -0.1) is 0 Å². The highest BCUT2D eigenvalue weighted by molar-refractivity contribution is 6.30. The van der Waals surface area contributed by atoms with Crippen LogP contribution >= 0.6 is 11.6 Å². The lowest BCUT2D eigenvalue weighted by molar-refractivity contribution is -0.0592. The minimum absolute atomic E-state index is 0.177. The fourth-order valence-corrected chi connectivity index (χ4v) is 6.53. The molecule has 222 valence electrons. The molecule has 0 bridgehead atoms. The number of halogens is 1. The summed E-state index contributed by atoms with van der Waals surface area (Å²) in [6.07, 6.45) is 9.16. The van der Waals surface area contributed by atoms with Crippen LogP contribution in [-0.2, 0) is 28.2 Å². The monoisotopic (exact) mass is 598 g/mol. The van der Waals surface area contributed by atoms with Crippen molar-refractivity contribution in [2.45, 2.75) is 56.9 Å². The van der Waals surface area contributed by atoms with Gasteiger partial charge in [0.25, 0.3) is 0 Å². The van der Waals surface area contributed by atoms with E-state index in [0.717, 1.165) is 85.9 Å². The molecule has 0 radical (unpaired) electrons. The minimum Gasteiger partial charge on any atom is -0.476 e. The van der Waals surface area contributed by atoms with E-state index in [9.17, 15) is 4.79 Å². The number of para-hydroxylation sites is 1. The number of rotatable bonds is 7. The van der Waals surface area contributed by atoms with Crippen LogP contribution in [-0.4, -0.2) is 58.3 Å². The summed E-state index contributed by atoms with van der Waals surface area (Å²) >= 11 is 6.10. The molecular formula is C34H35ClN4O4. The number of fused-ring (bicyclic) bond motifs is 2. The van der Waals surface area contributed by atoms with Crippen LogP contribution in [0.4, 0.5) is 0 Å². The first-order valence-corrected chi connectivity index (χ1v) is 15.3. The maximum atomic E-state index is 12.2. The van der Waals surface area contributed by atoms with Crippen molar-refractivity contribution in [3.63, 3.8) is 0 Å². The Kier molecular flexibility index (Phi) is 7.45. The number of hydrogen-bond donors (Lipinski definition) is 0. The van der Waals surface area contributed by atoms with Crippen LogP contribution < -0.4 is 4.74 Å². The van der Waals surface area contributed by atoms with Gasteiger partial charge >= 0.3 is 5.97 Å². The van der Waals surface area contributed by atoms with Crippen molar-refractivity contribution >= 4 is 34.7 Å². The van der Waals surface area contributed by atoms with Gasteiger partial charge in [-0.2, -0.15) is 0 Å². The van der Waals surface area contributed by atoms with Crippen molar-refractivity contribution in [2.75, 3.05) is 26.8 Å². The molecule has 2 atom stereocenters. The van der Waals surface area contributed by atoms with E-state index in [1.54, 1.807) is 12.3 Å². The molecule has 0 amide bonds. The summed E-state index contributed by atoms with van der Waals surface area (Å²) in [4.78, 5) is 24.3. The Balaban J connectivity index is 1.09. The minimum atomic E-state index is -0.661. The Morgan fingerprint density at radius 1 is 1.14 bits per heavy atom. The molecule has 7 rings (SSSR count). The predicted octanol–water partition coefficient (Wildman–Crippen LogP) is 6.36. The number of esters is 1. The number of ether oxygens (including phenoxy) is 3. The lowest BCUT2D eigenvalue weighted by Gasteiger charge is -2.36. The molecule has 9 heteroatoms. The molecule has 5 heterocycles. The van der Waals surface area contributed by atoms with E-state index in [1.807, 2.05) is 24.3 Å². The average molecular weight is 599 g/mol. The van der Waals surface area contributed by atoms with Crippen LogP contribution in [0.15, 0.2) is 60.8 Å². The highest BCUT2D eigenvalue weighted by Gasteiger charge is 2.34. The molecular weight excluding hydrogens is 564 g/mol. The fourth-order valence-electron chi connectivity index (χ4n) is 6.42. The second-order valence-electron chi connectivity index (χ2n) is 11.8. The number of methoxy groups -OCH3 is 1. The molecule has 0 saturated carbocycles. The van der Waals surface area contributed by atoms with E-state index in [0.29, 0.717) is 16.5 Å². The summed E-state index contributed by atoms with van der Waals surface area (Å²) in [5, 5.41) is 0.609. The Hall–Kier alpha value is -3.72. The second-order valence-corrected chi connectivity index (χ2v) is 12.3. The quantitative estimate of drug-likeness (QED) is 0.229. The van der Waals surface area contributed by atoms with E-state index < -0.39 is 5.60 Å². The van der Waals surface area contributed by atoms with Crippen LogP contribution in [0.3, 0.4) is 0 Å². The molecule has 2 saturated heterocycles. The molecule has 3 aliphatic heterocycles. The zero-order valence-electron chi connectivity index (χ0n) is 24.5. The van der Waals surface area contributed by atoms with Crippen molar-refractivity contribution in [1.29, 1.82) is 0 Å². The highest BCUT2D eigenvalue weighted by Crippen LogP contribution is 2.43. The second kappa shape index (κ2) is 11.4. The number of carbonyl (C=O) groups excluding carboxylic acids is 1. The van der Waals surface area contributed by atoms with Gasteiger partial charge in [-0.1, -0.05) is 35.9 Å². The summed E-state index contributed by atoms with van der Waals surface area (Å²) in [7, 11) is 1.41. The summed E-state index contributed by atoms with van der Waals surface area (Å²) in [6.45, 7) is 6.24. The number of piperidine rings is 1. The molecule has 0 aliphatic carbocycles. The number of likely N-dealkylation sites (tertiary alicyclic amines) is 1. The molecule has 43 heavy (non-hydrogen) atoms. The summed E-state index contributed by atoms with van der Waals surface area (Å²) in [6, 6.07) is 15.8. The Morgan fingerprint density at radius 3 is 2.70 bits per heavy atom. The number of carbonyl (C=O) groups is 1. The van der Waals surface area contributed by atoms with E-state index >= 15 is 0 Å². The summed E-state index contributed by atoms with van der Waals surface area (Å²) in [5.74, 6) is 2.00. The number of aromatic nitrogens is 3. The molecule has 0 N–H and O–H groups in total. The lowest BCUT2D eigenvalue weighted by atomic mass is 9.86. The van der Waals surface area contributed by atoms with Gasteiger partial charge in [0.1, 0.15) is 11.6 Å². The smallest absolute Gasteiger partial charge is 0.337 e. The van der Waals surface area contributed by atoms with Crippen LogP contribution in [0.25, 0.3) is 17.1 Å². The molecule has 0 unspecified atom stereocenters. The molecule has 8 nitrogen and oxygen atoms in total. The molecule has 4 aromatic rings. The summed E-state index contributed by atoms with van der Waals surface area (Å²) < 4.78 is 19.7. The van der Waals surface area contributed by atoms with E-state index in [1.165, 1.54) is 12.7 Å². The van der Waals surface area contributed by atoms with Crippen LogP contribution in [0.2, 0.25) is 5.02 Å². The van der Waals surface area contributed by atoms with E-state index in [-0.39, 0.29) is 12.1 Å². The van der Waals surface area contributed by atoms with Crippen molar-refractivity contribution in [3.05, 3.63) is 94.0 Å². The zero-order valence-corrected chi connectivity index (χ0v) is 25.2.